The maximum atomic E-state index is 4.36. The number of rotatable bonds is 6. The van der Waals surface area contributed by atoms with E-state index in [-0.39, 0.29) is 0 Å². The maximum Gasteiger partial charge on any atom is 0.147 e. The van der Waals surface area contributed by atoms with Gasteiger partial charge >= 0.3 is 0 Å². The Bertz CT molecular complexity index is 294. The van der Waals surface area contributed by atoms with E-state index < -0.39 is 0 Å². The van der Waals surface area contributed by atoms with Gasteiger partial charge in [0.2, 0.25) is 0 Å². The van der Waals surface area contributed by atoms with E-state index in [0.717, 1.165) is 31.1 Å². The Hall–Kier alpha value is -1.42. The molecule has 0 atom stereocenters. The van der Waals surface area contributed by atoms with Crippen LogP contribution in [0.25, 0.3) is 0 Å². The molecule has 1 aromatic rings. The first kappa shape index (κ1) is 11.7. The zero-order chi connectivity index (χ0) is 11.1. The smallest absolute Gasteiger partial charge is 0.147 e. The number of aromatic nitrogens is 2. The summed E-state index contributed by atoms with van der Waals surface area (Å²) in [5.41, 5.74) is 0.955. The molecule has 0 radical (unpaired) electrons. The molecule has 0 aliphatic rings. The minimum Gasteiger partial charge on any atom is -0.352 e. The molecule has 0 fully saturated rings. The quantitative estimate of drug-likeness (QED) is 0.710. The third-order valence-electron chi connectivity index (χ3n) is 2.10. The molecule has 0 saturated carbocycles. The molecule has 82 valence electrons. The third kappa shape index (κ3) is 3.32. The average Bonchev–Trinajstić information content (AvgIpc) is 2.28. The van der Waals surface area contributed by atoms with Gasteiger partial charge in [0.1, 0.15) is 5.82 Å². The van der Waals surface area contributed by atoms with Crippen molar-refractivity contribution in [2.45, 2.75) is 13.5 Å². The summed E-state index contributed by atoms with van der Waals surface area (Å²) in [6.07, 6.45) is 5.48. The van der Waals surface area contributed by atoms with Crippen LogP contribution in [0.1, 0.15) is 12.6 Å². The Morgan fingerprint density at radius 1 is 1.47 bits per heavy atom. The van der Waals surface area contributed by atoms with Gasteiger partial charge in [-0.2, -0.15) is 0 Å². The predicted molar refractivity (Wildman–Crippen MR) is 62.9 cm³/mol. The van der Waals surface area contributed by atoms with E-state index >= 15 is 0 Å². The van der Waals surface area contributed by atoms with Gasteiger partial charge in [-0.15, -0.1) is 6.58 Å². The first-order valence-electron chi connectivity index (χ1n) is 5.13. The SMILES string of the molecule is C=CCN(CC)c1cnc(CNC)cn1. The van der Waals surface area contributed by atoms with Gasteiger partial charge in [-0.3, -0.25) is 4.98 Å². The Balaban J connectivity index is 2.72. The lowest BCUT2D eigenvalue weighted by molar-refractivity contribution is 0.778. The summed E-state index contributed by atoms with van der Waals surface area (Å²) in [5, 5.41) is 3.04. The molecule has 0 aromatic carbocycles. The molecule has 0 spiro atoms. The summed E-state index contributed by atoms with van der Waals surface area (Å²) in [4.78, 5) is 10.8. The summed E-state index contributed by atoms with van der Waals surface area (Å²) in [6.45, 7) is 8.27. The first-order chi connectivity index (χ1) is 7.31. The minimum absolute atomic E-state index is 0.751. The van der Waals surface area contributed by atoms with Crippen molar-refractivity contribution in [1.29, 1.82) is 0 Å². The van der Waals surface area contributed by atoms with Crippen molar-refractivity contribution in [2.24, 2.45) is 0 Å². The van der Waals surface area contributed by atoms with E-state index in [9.17, 15) is 0 Å². The molecule has 1 N–H and O–H groups in total. The largest absolute Gasteiger partial charge is 0.352 e. The van der Waals surface area contributed by atoms with Crippen LogP contribution in [-0.4, -0.2) is 30.1 Å². The fourth-order valence-electron chi connectivity index (χ4n) is 1.32. The second-order valence-corrected chi connectivity index (χ2v) is 3.22. The molecule has 0 unspecified atom stereocenters. The van der Waals surface area contributed by atoms with Crippen molar-refractivity contribution in [2.75, 3.05) is 25.0 Å². The highest BCUT2D eigenvalue weighted by Crippen LogP contribution is 2.08. The standard InChI is InChI=1S/C11H18N4/c1-4-6-15(5-2)11-9-13-10(7-12-3)8-14-11/h4,8-9,12H,1,5-7H2,2-3H3. The summed E-state index contributed by atoms with van der Waals surface area (Å²) < 4.78 is 0. The Kier molecular flexibility index (Phi) is 4.77. The van der Waals surface area contributed by atoms with Crippen molar-refractivity contribution in [3.05, 3.63) is 30.7 Å². The van der Waals surface area contributed by atoms with E-state index in [4.69, 9.17) is 0 Å². The van der Waals surface area contributed by atoms with Gasteiger partial charge in [0.25, 0.3) is 0 Å². The fourth-order valence-corrected chi connectivity index (χ4v) is 1.32. The second-order valence-electron chi connectivity index (χ2n) is 3.22. The molecule has 1 rings (SSSR count). The van der Waals surface area contributed by atoms with Crippen LogP contribution >= 0.6 is 0 Å². The van der Waals surface area contributed by atoms with E-state index in [1.807, 2.05) is 13.1 Å². The molecule has 0 aliphatic carbocycles. The normalized spacial score (nSPS) is 10.0. The van der Waals surface area contributed by atoms with Gasteiger partial charge in [0, 0.05) is 19.6 Å². The summed E-state index contributed by atoms with van der Waals surface area (Å²) in [7, 11) is 1.89. The Morgan fingerprint density at radius 2 is 2.27 bits per heavy atom. The molecule has 1 aromatic heterocycles. The van der Waals surface area contributed by atoms with Gasteiger partial charge in [-0.05, 0) is 14.0 Å². The zero-order valence-electron chi connectivity index (χ0n) is 9.40. The molecule has 1 heterocycles. The fraction of sp³-hybridized carbons (Fsp3) is 0.455. The van der Waals surface area contributed by atoms with Crippen LogP contribution < -0.4 is 10.2 Å². The monoisotopic (exact) mass is 206 g/mol. The molecule has 4 nitrogen and oxygen atoms in total. The van der Waals surface area contributed by atoms with Crippen molar-refractivity contribution in [3.8, 4) is 0 Å². The second kappa shape index (κ2) is 6.14. The number of anilines is 1. The summed E-state index contributed by atoms with van der Waals surface area (Å²) >= 11 is 0. The van der Waals surface area contributed by atoms with Crippen LogP contribution in [-0.2, 0) is 6.54 Å². The first-order valence-corrected chi connectivity index (χ1v) is 5.13. The van der Waals surface area contributed by atoms with Gasteiger partial charge in [0.05, 0.1) is 18.1 Å². The lowest BCUT2D eigenvalue weighted by atomic mass is 10.4. The summed E-state index contributed by atoms with van der Waals surface area (Å²) in [5.74, 6) is 0.900. The molecular formula is C11H18N4. The molecule has 0 amide bonds. The van der Waals surface area contributed by atoms with E-state index in [1.165, 1.54) is 0 Å². The molecule has 4 heteroatoms. The average molecular weight is 206 g/mol. The van der Waals surface area contributed by atoms with E-state index in [2.05, 4.69) is 33.7 Å². The van der Waals surface area contributed by atoms with Gasteiger partial charge in [-0.1, -0.05) is 6.08 Å². The number of hydrogen-bond donors (Lipinski definition) is 1. The molecule has 15 heavy (non-hydrogen) atoms. The molecule has 0 bridgehead atoms. The number of nitrogens with zero attached hydrogens (tertiary/aromatic N) is 3. The van der Waals surface area contributed by atoms with E-state index in [0.29, 0.717) is 0 Å². The van der Waals surface area contributed by atoms with Gasteiger partial charge in [0.15, 0.2) is 0 Å². The predicted octanol–water partition coefficient (Wildman–Crippen LogP) is 1.21. The van der Waals surface area contributed by atoms with Crippen molar-refractivity contribution >= 4 is 5.82 Å². The summed E-state index contributed by atoms with van der Waals surface area (Å²) in [6, 6.07) is 0. The molecular weight excluding hydrogens is 188 g/mol. The highest BCUT2D eigenvalue weighted by Gasteiger charge is 2.03. The Labute approximate surface area is 91.0 Å². The van der Waals surface area contributed by atoms with Crippen LogP contribution in [0.15, 0.2) is 25.0 Å². The highest BCUT2D eigenvalue weighted by atomic mass is 15.2. The van der Waals surface area contributed by atoms with Gasteiger partial charge in [-0.25, -0.2) is 4.98 Å². The lowest BCUT2D eigenvalue weighted by Gasteiger charge is -2.19. The van der Waals surface area contributed by atoms with E-state index in [1.54, 1.807) is 12.4 Å². The third-order valence-corrected chi connectivity index (χ3v) is 2.10. The van der Waals surface area contributed by atoms with Crippen LogP contribution in [0.2, 0.25) is 0 Å². The van der Waals surface area contributed by atoms with Crippen molar-refractivity contribution < 1.29 is 0 Å². The minimum atomic E-state index is 0.751. The van der Waals surface area contributed by atoms with Gasteiger partial charge < -0.3 is 10.2 Å². The van der Waals surface area contributed by atoms with Crippen LogP contribution in [0.3, 0.4) is 0 Å². The highest BCUT2D eigenvalue weighted by molar-refractivity contribution is 5.36. The van der Waals surface area contributed by atoms with Crippen LogP contribution in [0.5, 0.6) is 0 Å². The zero-order valence-corrected chi connectivity index (χ0v) is 9.40. The van der Waals surface area contributed by atoms with Crippen molar-refractivity contribution in [1.82, 2.24) is 15.3 Å². The number of nitrogens with one attached hydrogen (secondary N) is 1. The molecule has 0 saturated heterocycles. The van der Waals surface area contributed by atoms with Crippen molar-refractivity contribution in [3.63, 3.8) is 0 Å². The number of hydrogen-bond acceptors (Lipinski definition) is 4. The Morgan fingerprint density at radius 3 is 2.73 bits per heavy atom. The lowest BCUT2D eigenvalue weighted by Crippen LogP contribution is -2.24. The maximum absolute atomic E-state index is 4.36. The molecule has 0 aliphatic heterocycles. The van der Waals surface area contributed by atoms with Crippen LogP contribution in [0.4, 0.5) is 5.82 Å². The topological polar surface area (TPSA) is 41.1 Å². The van der Waals surface area contributed by atoms with Crippen LogP contribution in [0, 0.1) is 0 Å². The number of likely N-dealkylation sites (N-methyl/N-ethyl adjacent to an activating group) is 1.